The summed E-state index contributed by atoms with van der Waals surface area (Å²) in [5.41, 5.74) is 2.29. The van der Waals surface area contributed by atoms with E-state index in [0.717, 1.165) is 17.6 Å². The molecule has 20 heavy (non-hydrogen) atoms. The lowest BCUT2D eigenvalue weighted by atomic mass is 10.1. The van der Waals surface area contributed by atoms with Gasteiger partial charge in [0.1, 0.15) is 5.76 Å². The van der Waals surface area contributed by atoms with Crippen molar-refractivity contribution < 1.29 is 19.1 Å². The van der Waals surface area contributed by atoms with Crippen LogP contribution in [0.15, 0.2) is 35.6 Å². The second-order valence-corrected chi connectivity index (χ2v) is 5.21. The molecule has 0 radical (unpaired) electrons. The van der Waals surface area contributed by atoms with E-state index in [2.05, 4.69) is 20.1 Å². The number of allylic oxidation sites excluding steroid dienone is 2. The van der Waals surface area contributed by atoms with Gasteiger partial charge >= 0.3 is 11.9 Å². The van der Waals surface area contributed by atoms with Crippen LogP contribution in [0.25, 0.3) is 0 Å². The fourth-order valence-corrected chi connectivity index (χ4v) is 1.94. The molecule has 0 amide bonds. The van der Waals surface area contributed by atoms with Crippen LogP contribution in [-0.4, -0.2) is 18.5 Å². The zero-order chi connectivity index (χ0) is 15.3. The lowest BCUT2D eigenvalue weighted by Crippen LogP contribution is -2.10. The average molecular weight is 278 g/mol. The summed E-state index contributed by atoms with van der Waals surface area (Å²) in [6.45, 7) is 13.2. The third-order valence-electron chi connectivity index (χ3n) is 3.29. The number of hydrogen-bond acceptors (Lipinski definition) is 4. The molecule has 110 valence electrons. The number of rotatable bonds is 6. The van der Waals surface area contributed by atoms with Crippen LogP contribution in [-0.2, 0) is 19.1 Å². The van der Waals surface area contributed by atoms with E-state index in [9.17, 15) is 9.59 Å². The molecular formula is C16H22O4. The van der Waals surface area contributed by atoms with Crippen LogP contribution in [0.2, 0.25) is 0 Å². The van der Waals surface area contributed by atoms with Crippen molar-refractivity contribution in [1.82, 2.24) is 0 Å². The molecule has 4 nitrogen and oxygen atoms in total. The fourth-order valence-electron chi connectivity index (χ4n) is 1.94. The van der Waals surface area contributed by atoms with Crippen LogP contribution in [0, 0.1) is 5.92 Å². The molecule has 0 heterocycles. The van der Waals surface area contributed by atoms with Crippen molar-refractivity contribution in [1.29, 1.82) is 0 Å². The molecule has 1 aliphatic rings. The highest BCUT2D eigenvalue weighted by Crippen LogP contribution is 2.35. The van der Waals surface area contributed by atoms with Crippen molar-refractivity contribution in [3.63, 3.8) is 0 Å². The first-order valence-corrected chi connectivity index (χ1v) is 6.75. The van der Waals surface area contributed by atoms with Gasteiger partial charge in [0.15, 0.2) is 0 Å². The molecule has 0 saturated carbocycles. The Balaban J connectivity index is 2.33. The molecule has 0 bridgehead atoms. The second-order valence-electron chi connectivity index (χ2n) is 5.21. The number of carbonyl (C=O) groups is 2. The molecule has 0 saturated heterocycles. The van der Waals surface area contributed by atoms with Gasteiger partial charge in [0.25, 0.3) is 0 Å². The van der Waals surface area contributed by atoms with Crippen molar-refractivity contribution >= 4 is 11.9 Å². The van der Waals surface area contributed by atoms with E-state index in [1.807, 2.05) is 6.92 Å². The van der Waals surface area contributed by atoms with Crippen molar-refractivity contribution in [3.8, 4) is 0 Å². The summed E-state index contributed by atoms with van der Waals surface area (Å²) in [5, 5.41) is 0. The zero-order valence-corrected chi connectivity index (χ0v) is 12.5. The van der Waals surface area contributed by atoms with Gasteiger partial charge in [-0.3, -0.25) is 4.79 Å². The highest BCUT2D eigenvalue weighted by atomic mass is 16.5. The maximum atomic E-state index is 11.7. The molecule has 1 atom stereocenters. The average Bonchev–Trinajstić information content (AvgIpc) is 2.61. The third kappa shape index (κ3) is 4.37. The van der Waals surface area contributed by atoms with E-state index in [0.29, 0.717) is 23.7 Å². The molecule has 1 rings (SSSR count). The first-order chi connectivity index (χ1) is 9.32. The molecule has 0 aromatic carbocycles. The topological polar surface area (TPSA) is 52.6 Å². The van der Waals surface area contributed by atoms with Crippen LogP contribution in [0.3, 0.4) is 0 Å². The van der Waals surface area contributed by atoms with Gasteiger partial charge in [-0.2, -0.15) is 0 Å². The van der Waals surface area contributed by atoms with E-state index in [4.69, 9.17) is 9.47 Å². The molecule has 4 heteroatoms. The minimum absolute atomic E-state index is 0.191. The number of esters is 2. The van der Waals surface area contributed by atoms with E-state index in [1.54, 1.807) is 6.92 Å². The van der Waals surface area contributed by atoms with Crippen LogP contribution in [0.4, 0.5) is 0 Å². The first kappa shape index (κ1) is 16.2. The van der Waals surface area contributed by atoms with Gasteiger partial charge in [-0.25, -0.2) is 4.79 Å². The zero-order valence-electron chi connectivity index (χ0n) is 12.5. The van der Waals surface area contributed by atoms with E-state index < -0.39 is 5.97 Å². The highest BCUT2D eigenvalue weighted by molar-refractivity contribution is 5.86. The quantitative estimate of drug-likeness (QED) is 0.425. The standard InChI is InChI=1S/C16H22O4/c1-10(2)16(18)19-8-6-7-14(17)20-15-12(4)9-11(3)13(15)5/h11H,1,4,6-9H2,2-3,5H3. The van der Waals surface area contributed by atoms with Gasteiger partial charge < -0.3 is 9.47 Å². The molecule has 0 aromatic heterocycles. The van der Waals surface area contributed by atoms with Gasteiger partial charge in [-0.05, 0) is 43.8 Å². The predicted molar refractivity (Wildman–Crippen MR) is 76.7 cm³/mol. The van der Waals surface area contributed by atoms with Gasteiger partial charge in [0.2, 0.25) is 0 Å². The first-order valence-electron chi connectivity index (χ1n) is 6.75. The lowest BCUT2D eigenvalue weighted by Gasteiger charge is -2.08. The van der Waals surface area contributed by atoms with Crippen molar-refractivity contribution in [2.45, 2.75) is 40.0 Å². The van der Waals surface area contributed by atoms with E-state index >= 15 is 0 Å². The normalized spacial score (nSPS) is 18.1. The maximum Gasteiger partial charge on any atom is 0.333 e. The van der Waals surface area contributed by atoms with Crippen molar-refractivity contribution in [3.05, 3.63) is 35.6 Å². The number of carbonyl (C=O) groups excluding carboxylic acids is 2. The molecule has 0 N–H and O–H groups in total. The Morgan fingerprint density at radius 3 is 2.55 bits per heavy atom. The summed E-state index contributed by atoms with van der Waals surface area (Å²) in [6.07, 6.45) is 1.48. The van der Waals surface area contributed by atoms with Crippen LogP contribution < -0.4 is 0 Å². The molecule has 0 aliphatic heterocycles. The highest BCUT2D eigenvalue weighted by Gasteiger charge is 2.25. The van der Waals surface area contributed by atoms with Crippen LogP contribution in [0.5, 0.6) is 0 Å². The van der Waals surface area contributed by atoms with E-state index in [1.165, 1.54) is 0 Å². The van der Waals surface area contributed by atoms with Crippen LogP contribution in [0.1, 0.15) is 40.0 Å². The Kier molecular flexibility index (Phi) is 5.74. The van der Waals surface area contributed by atoms with Gasteiger partial charge in [-0.15, -0.1) is 0 Å². The Morgan fingerprint density at radius 2 is 2.05 bits per heavy atom. The summed E-state index contributed by atoms with van der Waals surface area (Å²) in [7, 11) is 0. The minimum atomic E-state index is -0.435. The summed E-state index contributed by atoms with van der Waals surface area (Å²) in [6, 6.07) is 0. The van der Waals surface area contributed by atoms with Gasteiger partial charge in [0, 0.05) is 12.0 Å². The second kappa shape index (κ2) is 7.08. The molecule has 0 spiro atoms. The van der Waals surface area contributed by atoms with Crippen molar-refractivity contribution in [2.24, 2.45) is 5.92 Å². The fraction of sp³-hybridized carbons (Fsp3) is 0.500. The number of hydrogen-bond donors (Lipinski definition) is 0. The molecule has 0 aromatic rings. The SMILES string of the molecule is C=C(C)C(=O)OCCCC(=O)OC1=C(C)C(C)CC1=C. The smallest absolute Gasteiger partial charge is 0.333 e. The summed E-state index contributed by atoms with van der Waals surface area (Å²) >= 11 is 0. The minimum Gasteiger partial charge on any atom is -0.462 e. The number of ether oxygens (including phenoxy) is 2. The lowest BCUT2D eigenvalue weighted by molar-refractivity contribution is -0.143. The largest absolute Gasteiger partial charge is 0.462 e. The Morgan fingerprint density at radius 1 is 1.40 bits per heavy atom. The Hall–Kier alpha value is -1.84. The van der Waals surface area contributed by atoms with Crippen LogP contribution >= 0.6 is 0 Å². The van der Waals surface area contributed by atoms with Gasteiger partial charge in [-0.1, -0.05) is 20.1 Å². The van der Waals surface area contributed by atoms with Gasteiger partial charge in [0.05, 0.1) is 6.61 Å². The summed E-state index contributed by atoms with van der Waals surface area (Å²) < 4.78 is 10.3. The summed E-state index contributed by atoms with van der Waals surface area (Å²) in [4.78, 5) is 22.9. The summed E-state index contributed by atoms with van der Waals surface area (Å²) in [5.74, 6) is 0.249. The van der Waals surface area contributed by atoms with E-state index in [-0.39, 0.29) is 19.0 Å². The third-order valence-corrected chi connectivity index (χ3v) is 3.29. The molecule has 1 aliphatic carbocycles. The Labute approximate surface area is 120 Å². The molecule has 0 fully saturated rings. The predicted octanol–water partition coefficient (Wildman–Crippen LogP) is 3.30. The molecular weight excluding hydrogens is 256 g/mol. The molecule has 1 unspecified atom stereocenters. The maximum absolute atomic E-state index is 11.7. The Bertz CT molecular complexity index is 471. The monoisotopic (exact) mass is 278 g/mol. The van der Waals surface area contributed by atoms with Crippen molar-refractivity contribution in [2.75, 3.05) is 6.61 Å².